The van der Waals surface area contributed by atoms with Gasteiger partial charge in [-0.15, -0.1) is 0 Å². The summed E-state index contributed by atoms with van der Waals surface area (Å²) < 4.78 is 16.1. The number of methoxy groups -OCH3 is 1. The number of fused-ring (bicyclic) bond motifs is 5. The van der Waals surface area contributed by atoms with E-state index < -0.39 is 88.3 Å². The maximum Gasteiger partial charge on any atom is 0.407 e. The number of amides is 1. The normalized spacial score (nSPS) is 40.7. The fourth-order valence-electron chi connectivity index (χ4n) is 8.65. The molecule has 12 nitrogen and oxygen atoms in total. The molecular weight excluding hydrogens is 574 g/mol. The first-order valence-electron chi connectivity index (χ1n) is 14.9. The fraction of sp³-hybridized carbons (Fsp3) is 0.656. The third-order valence-electron chi connectivity index (χ3n) is 11.3. The largest absolute Gasteiger partial charge is 0.456 e. The first-order valence-corrected chi connectivity index (χ1v) is 14.9. The predicted octanol–water partition coefficient (Wildman–Crippen LogP) is 0.931. The van der Waals surface area contributed by atoms with E-state index in [4.69, 9.17) is 9.47 Å². The van der Waals surface area contributed by atoms with Gasteiger partial charge in [0.1, 0.15) is 17.8 Å². The lowest BCUT2D eigenvalue weighted by Crippen LogP contribution is -2.78. The molecule has 3 fully saturated rings. The third kappa shape index (κ3) is 4.45. The summed E-state index contributed by atoms with van der Waals surface area (Å²) in [5.41, 5.74) is -5.32. The number of alkyl carbamates (subject to hydrolysis) is 1. The van der Waals surface area contributed by atoms with Crippen molar-refractivity contribution in [3.63, 3.8) is 0 Å². The van der Waals surface area contributed by atoms with E-state index in [1.807, 2.05) is 0 Å². The second-order valence-corrected chi connectivity index (χ2v) is 13.6. The Morgan fingerprint density at radius 3 is 2.32 bits per heavy atom. The van der Waals surface area contributed by atoms with Gasteiger partial charge in [-0.25, -0.2) is 9.59 Å². The number of ether oxygens (including phenoxy) is 3. The molecule has 0 radical (unpaired) electrons. The van der Waals surface area contributed by atoms with Gasteiger partial charge in [-0.05, 0) is 36.5 Å². The van der Waals surface area contributed by atoms with E-state index in [1.54, 1.807) is 58.0 Å². The second-order valence-electron chi connectivity index (χ2n) is 13.6. The highest BCUT2D eigenvalue weighted by Crippen LogP contribution is 2.64. The maximum absolute atomic E-state index is 14.2. The molecule has 242 valence electrons. The highest BCUT2D eigenvalue weighted by Gasteiger charge is 2.74. The highest BCUT2D eigenvalue weighted by molar-refractivity contribution is 5.93. The van der Waals surface area contributed by atoms with Gasteiger partial charge in [0.15, 0.2) is 11.9 Å². The molecule has 1 aromatic carbocycles. The lowest BCUT2D eigenvalue weighted by Gasteiger charge is -2.67. The highest BCUT2D eigenvalue weighted by atomic mass is 16.6. The summed E-state index contributed by atoms with van der Waals surface area (Å²) in [4.78, 5) is 39.8. The SMILES string of the molecule is COC(=O)NC(c1ccccc1)C(O)C(=O)OC1CC2(O)C(C)C3C4(O)COC4CC(O)[C@@]3(C)C(=O)C(O)C(=C1C)C2(C)C. The fourth-order valence-corrected chi connectivity index (χ4v) is 8.65. The van der Waals surface area contributed by atoms with E-state index in [0.29, 0.717) is 11.1 Å². The molecule has 0 spiro atoms. The number of hydrogen-bond acceptors (Lipinski definition) is 11. The summed E-state index contributed by atoms with van der Waals surface area (Å²) in [5, 5.41) is 61.0. The zero-order valence-electron chi connectivity index (χ0n) is 25.8. The van der Waals surface area contributed by atoms with E-state index >= 15 is 0 Å². The quantitative estimate of drug-likeness (QED) is 0.203. The Bertz CT molecular complexity index is 1360. The molecule has 1 aliphatic heterocycles. The van der Waals surface area contributed by atoms with Gasteiger partial charge in [0.2, 0.25) is 0 Å². The van der Waals surface area contributed by atoms with E-state index in [1.165, 1.54) is 6.92 Å². The van der Waals surface area contributed by atoms with Crippen LogP contribution in [0.2, 0.25) is 0 Å². The van der Waals surface area contributed by atoms with Crippen molar-refractivity contribution in [1.29, 1.82) is 0 Å². The van der Waals surface area contributed by atoms with Crippen LogP contribution in [0, 0.1) is 22.7 Å². The van der Waals surface area contributed by atoms with Crippen LogP contribution in [0.15, 0.2) is 41.5 Å². The number of carbonyl (C=O) groups is 3. The van der Waals surface area contributed by atoms with Crippen LogP contribution in [0.4, 0.5) is 4.79 Å². The van der Waals surface area contributed by atoms with E-state index in [9.17, 15) is 39.9 Å². The predicted molar refractivity (Wildman–Crippen MR) is 154 cm³/mol. The molecule has 10 unspecified atom stereocenters. The van der Waals surface area contributed by atoms with Crippen LogP contribution in [-0.4, -0.2) is 98.8 Å². The molecule has 2 saturated carbocycles. The summed E-state index contributed by atoms with van der Waals surface area (Å²) in [5.74, 6) is -3.70. The first kappa shape index (κ1) is 32.5. The Balaban J connectivity index is 1.56. The van der Waals surface area contributed by atoms with Crippen LogP contribution in [0.5, 0.6) is 0 Å². The number of rotatable bonds is 5. The Kier molecular flexibility index (Phi) is 8.05. The Morgan fingerprint density at radius 1 is 1.11 bits per heavy atom. The monoisotopic (exact) mass is 617 g/mol. The summed E-state index contributed by atoms with van der Waals surface area (Å²) in [6.07, 6.45) is -7.97. The molecule has 2 bridgehead atoms. The van der Waals surface area contributed by atoms with Crippen molar-refractivity contribution in [3.05, 3.63) is 47.0 Å². The van der Waals surface area contributed by atoms with Crippen LogP contribution in [0.1, 0.15) is 59.1 Å². The summed E-state index contributed by atoms with van der Waals surface area (Å²) >= 11 is 0. The van der Waals surface area contributed by atoms with E-state index in [0.717, 1.165) is 7.11 Å². The minimum atomic E-state index is -1.89. The third-order valence-corrected chi connectivity index (χ3v) is 11.3. The van der Waals surface area contributed by atoms with E-state index in [-0.39, 0.29) is 25.0 Å². The van der Waals surface area contributed by atoms with Gasteiger partial charge in [-0.3, -0.25) is 4.79 Å². The van der Waals surface area contributed by atoms with Gasteiger partial charge in [0.25, 0.3) is 0 Å². The number of hydrogen-bond donors (Lipinski definition) is 6. The van der Waals surface area contributed by atoms with Gasteiger partial charge in [-0.2, -0.15) is 0 Å². The number of benzene rings is 1. The van der Waals surface area contributed by atoms with Crippen molar-refractivity contribution in [1.82, 2.24) is 5.32 Å². The molecule has 1 aromatic rings. The van der Waals surface area contributed by atoms with Crippen molar-refractivity contribution in [2.45, 2.75) is 95.2 Å². The second kappa shape index (κ2) is 10.9. The number of nitrogens with one attached hydrogen (secondary N) is 1. The molecule has 1 amide bonds. The molecule has 44 heavy (non-hydrogen) atoms. The van der Waals surface area contributed by atoms with Crippen LogP contribution in [0.3, 0.4) is 0 Å². The molecule has 0 aromatic heterocycles. The molecule has 1 saturated heterocycles. The van der Waals surface area contributed by atoms with Gasteiger partial charge in [0, 0.05) is 24.2 Å². The number of aliphatic hydroxyl groups is 5. The molecule has 11 atom stereocenters. The van der Waals surface area contributed by atoms with Crippen LogP contribution in [-0.2, 0) is 23.8 Å². The van der Waals surface area contributed by atoms with Crippen LogP contribution >= 0.6 is 0 Å². The Hall–Kier alpha value is -2.87. The first-order chi connectivity index (χ1) is 20.5. The van der Waals surface area contributed by atoms with Crippen molar-refractivity contribution >= 4 is 17.8 Å². The van der Waals surface area contributed by atoms with Gasteiger partial charge < -0.3 is 45.1 Å². The zero-order valence-corrected chi connectivity index (χ0v) is 25.8. The average Bonchev–Trinajstić information content (AvgIpc) is 2.98. The van der Waals surface area contributed by atoms with Crippen molar-refractivity contribution in [2.75, 3.05) is 13.7 Å². The smallest absolute Gasteiger partial charge is 0.407 e. The molecule has 1 heterocycles. The zero-order chi connectivity index (χ0) is 32.6. The van der Waals surface area contributed by atoms with Gasteiger partial charge in [0.05, 0.1) is 43.0 Å². The van der Waals surface area contributed by atoms with Crippen LogP contribution in [0.25, 0.3) is 0 Å². The van der Waals surface area contributed by atoms with Crippen LogP contribution < -0.4 is 5.32 Å². The molecule has 5 rings (SSSR count). The lowest BCUT2D eigenvalue weighted by atomic mass is 9.43. The van der Waals surface area contributed by atoms with Crippen molar-refractivity contribution in [3.8, 4) is 0 Å². The molecule has 4 aliphatic rings. The molecule has 3 aliphatic carbocycles. The standard InChI is InChI=1S/C32H43NO11/c1-15-18(44-27(38)24(36)22(33-28(39)42-6)17-10-8-7-9-11-17)13-32(41)16(2)25-30(5,19(34)12-20-31(25,40)14-43-20)26(37)23(35)21(15)29(32,3)4/h7-11,16,18-20,22-25,34-36,40-41H,12-14H2,1-6H3,(H,33,39)/t16?,18?,19?,20?,22?,23?,24?,25?,30-,31?,32?/m1/s1. The van der Waals surface area contributed by atoms with Crippen molar-refractivity contribution in [2.24, 2.45) is 22.7 Å². The summed E-state index contributed by atoms with van der Waals surface area (Å²) in [6.45, 7) is 8.09. The lowest BCUT2D eigenvalue weighted by molar-refractivity contribution is -0.335. The molecule has 12 heteroatoms. The summed E-state index contributed by atoms with van der Waals surface area (Å²) in [7, 11) is 1.14. The average molecular weight is 618 g/mol. The summed E-state index contributed by atoms with van der Waals surface area (Å²) in [6, 6.07) is 7.04. The van der Waals surface area contributed by atoms with Gasteiger partial charge in [-0.1, -0.05) is 51.1 Å². The molecule has 6 N–H and O–H groups in total. The Labute approximate surface area is 256 Å². The number of aliphatic hydroxyl groups excluding tert-OH is 3. The minimum Gasteiger partial charge on any atom is -0.456 e. The minimum absolute atomic E-state index is 0.00511. The number of ketones is 1. The Morgan fingerprint density at radius 2 is 1.75 bits per heavy atom. The van der Waals surface area contributed by atoms with Crippen molar-refractivity contribution < 1.29 is 54.1 Å². The molecular formula is C32H43NO11. The number of Topliss-reactive ketones (excluding diaryl/α,β-unsaturated/α-hetero) is 1. The maximum atomic E-state index is 14.2. The topological polar surface area (TPSA) is 192 Å². The number of esters is 1. The van der Waals surface area contributed by atoms with E-state index in [2.05, 4.69) is 10.1 Å². The number of carbonyl (C=O) groups excluding carboxylic acids is 3. The van der Waals surface area contributed by atoms with Gasteiger partial charge >= 0.3 is 12.1 Å².